The predicted molar refractivity (Wildman–Crippen MR) is 62.5 cm³/mol. The second kappa shape index (κ2) is 6.90. The number of thioether (sulfide) groups is 1. The molecular weight excluding hydrogens is 194 g/mol. The van der Waals surface area contributed by atoms with Crippen LogP contribution in [0.2, 0.25) is 0 Å². The van der Waals surface area contributed by atoms with Crippen LogP contribution in [0.5, 0.6) is 0 Å². The molecule has 0 bridgehead atoms. The summed E-state index contributed by atoms with van der Waals surface area (Å²) in [5.74, 6) is 4.24. The summed E-state index contributed by atoms with van der Waals surface area (Å²) in [6.45, 7) is 6.40. The normalized spacial score (nSPS) is 11.1. The molecule has 0 aliphatic heterocycles. The van der Waals surface area contributed by atoms with E-state index < -0.39 is 0 Å². The van der Waals surface area contributed by atoms with Crippen molar-refractivity contribution in [2.45, 2.75) is 20.4 Å². The molecule has 1 rings (SSSR count). The maximum atomic E-state index is 4.14. The highest BCUT2D eigenvalue weighted by Crippen LogP contribution is 2.05. The smallest absolute Gasteiger partial charge is 0.120 e. The van der Waals surface area contributed by atoms with Crippen molar-refractivity contribution in [3.8, 4) is 0 Å². The molecule has 1 aromatic heterocycles. The number of imidazole rings is 1. The van der Waals surface area contributed by atoms with E-state index in [1.54, 1.807) is 6.20 Å². The van der Waals surface area contributed by atoms with E-state index in [0.717, 1.165) is 24.8 Å². The molecule has 2 N–H and O–H groups in total. The molecule has 4 heteroatoms. The number of aromatic amines is 1. The summed E-state index contributed by atoms with van der Waals surface area (Å²) in [6, 6.07) is 0. The van der Waals surface area contributed by atoms with Gasteiger partial charge in [-0.05, 0) is 11.7 Å². The molecule has 0 radical (unpaired) electrons. The van der Waals surface area contributed by atoms with Crippen LogP contribution in [0.1, 0.15) is 19.7 Å². The Morgan fingerprint density at radius 3 is 3.07 bits per heavy atom. The summed E-state index contributed by atoms with van der Waals surface area (Å²) < 4.78 is 0. The number of nitrogens with one attached hydrogen (secondary N) is 2. The lowest BCUT2D eigenvalue weighted by atomic mass is 10.3. The van der Waals surface area contributed by atoms with Gasteiger partial charge in [-0.1, -0.05) is 13.8 Å². The van der Waals surface area contributed by atoms with Crippen molar-refractivity contribution in [2.24, 2.45) is 5.92 Å². The van der Waals surface area contributed by atoms with Gasteiger partial charge < -0.3 is 10.3 Å². The van der Waals surface area contributed by atoms with Crippen LogP contribution < -0.4 is 5.32 Å². The Bertz CT molecular complexity index is 221. The van der Waals surface area contributed by atoms with Crippen LogP contribution in [-0.2, 0) is 6.54 Å². The van der Waals surface area contributed by atoms with Gasteiger partial charge in [0.25, 0.3) is 0 Å². The molecule has 0 unspecified atom stereocenters. The fraction of sp³-hybridized carbons (Fsp3) is 0.700. The van der Waals surface area contributed by atoms with Crippen molar-refractivity contribution in [2.75, 3.05) is 18.1 Å². The number of rotatable bonds is 7. The molecule has 0 saturated heterocycles. The van der Waals surface area contributed by atoms with Crippen molar-refractivity contribution >= 4 is 11.8 Å². The molecule has 0 amide bonds. The minimum Gasteiger partial charge on any atom is -0.348 e. The molecule has 0 atom stereocenters. The zero-order valence-electron chi connectivity index (χ0n) is 8.92. The van der Waals surface area contributed by atoms with E-state index in [2.05, 4.69) is 29.1 Å². The largest absolute Gasteiger partial charge is 0.348 e. The summed E-state index contributed by atoms with van der Waals surface area (Å²) in [4.78, 5) is 7.20. The Balaban J connectivity index is 1.90. The molecule has 0 aromatic carbocycles. The quantitative estimate of drug-likeness (QED) is 0.680. The molecule has 0 spiro atoms. The Morgan fingerprint density at radius 2 is 2.43 bits per heavy atom. The summed E-state index contributed by atoms with van der Waals surface area (Å²) in [5, 5.41) is 3.35. The molecule has 0 aliphatic rings. The first kappa shape index (κ1) is 11.6. The number of nitrogens with zero attached hydrogens (tertiary/aromatic N) is 1. The highest BCUT2D eigenvalue weighted by Gasteiger charge is 1.95. The van der Waals surface area contributed by atoms with E-state index in [1.807, 2.05) is 18.0 Å². The summed E-state index contributed by atoms with van der Waals surface area (Å²) in [6.07, 6.45) is 3.63. The lowest BCUT2D eigenvalue weighted by Gasteiger charge is -2.04. The predicted octanol–water partition coefficient (Wildman–Crippen LogP) is 1.89. The van der Waals surface area contributed by atoms with Gasteiger partial charge in [0, 0.05) is 24.7 Å². The minimum atomic E-state index is 0.796. The number of aromatic nitrogens is 2. The van der Waals surface area contributed by atoms with Crippen molar-refractivity contribution in [3.63, 3.8) is 0 Å². The molecule has 80 valence electrons. The van der Waals surface area contributed by atoms with Gasteiger partial charge in [0.05, 0.1) is 6.54 Å². The van der Waals surface area contributed by atoms with E-state index in [1.165, 1.54) is 11.5 Å². The number of hydrogen-bond donors (Lipinski definition) is 2. The first-order chi connectivity index (χ1) is 6.79. The van der Waals surface area contributed by atoms with Gasteiger partial charge in [0.2, 0.25) is 0 Å². The van der Waals surface area contributed by atoms with Gasteiger partial charge in [-0.25, -0.2) is 4.98 Å². The van der Waals surface area contributed by atoms with Crippen LogP contribution in [0.4, 0.5) is 0 Å². The first-order valence-corrected chi connectivity index (χ1v) is 6.21. The van der Waals surface area contributed by atoms with Gasteiger partial charge in [0.15, 0.2) is 0 Å². The molecule has 3 nitrogen and oxygen atoms in total. The van der Waals surface area contributed by atoms with E-state index in [4.69, 9.17) is 0 Å². The SMILES string of the molecule is CC(C)CSCCNCc1ncc[nH]1. The van der Waals surface area contributed by atoms with Crippen molar-refractivity contribution in [1.29, 1.82) is 0 Å². The van der Waals surface area contributed by atoms with Crippen molar-refractivity contribution in [3.05, 3.63) is 18.2 Å². The Labute approximate surface area is 90.1 Å². The maximum Gasteiger partial charge on any atom is 0.120 e. The number of H-pyrrole nitrogens is 1. The second-order valence-corrected chi connectivity index (χ2v) is 4.83. The summed E-state index contributed by atoms with van der Waals surface area (Å²) in [5.41, 5.74) is 0. The van der Waals surface area contributed by atoms with E-state index in [-0.39, 0.29) is 0 Å². The van der Waals surface area contributed by atoms with E-state index in [9.17, 15) is 0 Å². The van der Waals surface area contributed by atoms with Crippen molar-refractivity contribution in [1.82, 2.24) is 15.3 Å². The van der Waals surface area contributed by atoms with E-state index >= 15 is 0 Å². The average Bonchev–Trinajstić information content (AvgIpc) is 2.63. The first-order valence-electron chi connectivity index (χ1n) is 5.05. The topological polar surface area (TPSA) is 40.7 Å². The molecule has 1 heterocycles. The van der Waals surface area contributed by atoms with E-state index in [0.29, 0.717) is 0 Å². The minimum absolute atomic E-state index is 0.796. The molecular formula is C10H19N3S. The van der Waals surface area contributed by atoms with Crippen LogP contribution in [0, 0.1) is 5.92 Å². The van der Waals surface area contributed by atoms with Crippen molar-refractivity contribution < 1.29 is 0 Å². The monoisotopic (exact) mass is 213 g/mol. The van der Waals surface area contributed by atoms with Gasteiger partial charge in [-0.2, -0.15) is 11.8 Å². The second-order valence-electron chi connectivity index (χ2n) is 3.68. The number of hydrogen-bond acceptors (Lipinski definition) is 3. The highest BCUT2D eigenvalue weighted by atomic mass is 32.2. The molecule has 14 heavy (non-hydrogen) atoms. The zero-order chi connectivity index (χ0) is 10.2. The fourth-order valence-electron chi connectivity index (χ4n) is 1.06. The summed E-state index contributed by atoms with van der Waals surface area (Å²) >= 11 is 2.01. The lowest BCUT2D eigenvalue weighted by molar-refractivity contribution is 0.700. The molecule has 0 fully saturated rings. The Hall–Kier alpha value is -0.480. The van der Waals surface area contributed by atoms with Gasteiger partial charge in [0.1, 0.15) is 5.82 Å². The standard InChI is InChI=1S/C10H19N3S/c1-9(2)8-14-6-5-11-7-10-12-3-4-13-10/h3-4,9,11H,5-8H2,1-2H3,(H,12,13). The van der Waals surface area contributed by atoms with Crippen LogP contribution in [0.3, 0.4) is 0 Å². The van der Waals surface area contributed by atoms with Crippen LogP contribution in [-0.4, -0.2) is 28.0 Å². The maximum absolute atomic E-state index is 4.14. The van der Waals surface area contributed by atoms with Gasteiger partial charge in [-0.3, -0.25) is 0 Å². The van der Waals surface area contributed by atoms with Gasteiger partial charge in [-0.15, -0.1) is 0 Å². The Kier molecular flexibility index (Phi) is 5.71. The molecule has 0 saturated carbocycles. The average molecular weight is 213 g/mol. The summed E-state index contributed by atoms with van der Waals surface area (Å²) in [7, 11) is 0. The van der Waals surface area contributed by atoms with Crippen LogP contribution >= 0.6 is 11.8 Å². The highest BCUT2D eigenvalue weighted by molar-refractivity contribution is 7.99. The lowest BCUT2D eigenvalue weighted by Crippen LogP contribution is -2.17. The van der Waals surface area contributed by atoms with Crippen LogP contribution in [0.15, 0.2) is 12.4 Å². The third-order valence-corrected chi connectivity index (χ3v) is 3.12. The van der Waals surface area contributed by atoms with Crippen LogP contribution in [0.25, 0.3) is 0 Å². The van der Waals surface area contributed by atoms with Gasteiger partial charge >= 0.3 is 0 Å². The zero-order valence-corrected chi connectivity index (χ0v) is 9.73. The third-order valence-electron chi connectivity index (χ3n) is 1.72. The molecule has 1 aromatic rings. The third kappa shape index (κ3) is 5.29. The Morgan fingerprint density at radius 1 is 1.57 bits per heavy atom. The fourth-order valence-corrected chi connectivity index (χ4v) is 1.99. The molecule has 0 aliphatic carbocycles.